The number of carbonyl (C=O) groups excluding carboxylic acids is 2. The Morgan fingerprint density at radius 1 is 1.33 bits per heavy atom. The van der Waals surface area contributed by atoms with Gasteiger partial charge in [-0.3, -0.25) is 14.9 Å². The number of fused-ring (bicyclic) bond motifs is 2. The van der Waals surface area contributed by atoms with Gasteiger partial charge < -0.3 is 14.4 Å². The van der Waals surface area contributed by atoms with Crippen molar-refractivity contribution < 1.29 is 9.59 Å². The van der Waals surface area contributed by atoms with Gasteiger partial charge in [0.15, 0.2) is 0 Å². The normalized spacial score (nSPS) is 20.0. The SMILES string of the molecule is CN(CC1CC1)c1cc(C(=O)N2CC3(CC(=O)Nc4nccn43)C2)ccn1. The van der Waals surface area contributed by atoms with Crippen LogP contribution >= 0.6 is 0 Å². The van der Waals surface area contributed by atoms with E-state index in [0.717, 1.165) is 18.3 Å². The average molecular weight is 366 g/mol. The van der Waals surface area contributed by atoms with Crippen LogP contribution in [0.2, 0.25) is 0 Å². The van der Waals surface area contributed by atoms with E-state index in [1.807, 2.05) is 23.9 Å². The zero-order valence-corrected chi connectivity index (χ0v) is 15.3. The van der Waals surface area contributed by atoms with E-state index in [2.05, 4.69) is 20.2 Å². The van der Waals surface area contributed by atoms with E-state index < -0.39 is 0 Å². The predicted octanol–water partition coefficient (Wildman–Crippen LogP) is 1.32. The number of amides is 2. The van der Waals surface area contributed by atoms with Crippen molar-refractivity contribution >= 4 is 23.6 Å². The zero-order valence-electron chi connectivity index (χ0n) is 15.3. The van der Waals surface area contributed by atoms with Crippen molar-refractivity contribution in [1.82, 2.24) is 19.4 Å². The van der Waals surface area contributed by atoms with Crippen molar-refractivity contribution in [1.29, 1.82) is 0 Å². The van der Waals surface area contributed by atoms with Gasteiger partial charge in [0.2, 0.25) is 11.9 Å². The standard InChI is InChI=1S/C19H22N6O2/c1-23(10-13-2-3-13)15-8-14(4-5-20-15)17(27)24-11-19(12-24)9-16(26)22-18-21-6-7-25(18)19/h4-8,13H,2-3,9-12H2,1H3,(H,21,22,26). The third-order valence-electron chi connectivity index (χ3n) is 5.76. The average Bonchev–Trinajstić information content (AvgIpc) is 3.32. The van der Waals surface area contributed by atoms with Crippen molar-refractivity contribution in [3.05, 3.63) is 36.3 Å². The molecule has 1 aliphatic carbocycles. The summed E-state index contributed by atoms with van der Waals surface area (Å²) in [7, 11) is 2.02. The molecule has 1 saturated heterocycles. The molecule has 2 fully saturated rings. The quantitative estimate of drug-likeness (QED) is 0.882. The van der Waals surface area contributed by atoms with Crippen LogP contribution in [0.5, 0.6) is 0 Å². The minimum absolute atomic E-state index is 0.0169. The van der Waals surface area contributed by atoms with Crippen molar-refractivity contribution in [2.45, 2.75) is 24.8 Å². The molecule has 2 aliphatic heterocycles. The smallest absolute Gasteiger partial charge is 0.254 e. The number of pyridine rings is 1. The Bertz CT molecular complexity index is 912. The van der Waals surface area contributed by atoms with E-state index in [-0.39, 0.29) is 17.4 Å². The molecule has 2 aromatic heterocycles. The van der Waals surface area contributed by atoms with Gasteiger partial charge in [0.1, 0.15) is 5.82 Å². The van der Waals surface area contributed by atoms with Gasteiger partial charge in [0.25, 0.3) is 5.91 Å². The molecule has 5 rings (SSSR count). The monoisotopic (exact) mass is 366 g/mol. The lowest BCUT2D eigenvalue weighted by atomic mass is 9.84. The Labute approximate surface area is 157 Å². The van der Waals surface area contributed by atoms with E-state index in [9.17, 15) is 9.59 Å². The van der Waals surface area contributed by atoms with Gasteiger partial charge in [-0.25, -0.2) is 9.97 Å². The van der Waals surface area contributed by atoms with Gasteiger partial charge in [-0.2, -0.15) is 0 Å². The van der Waals surface area contributed by atoms with Crippen LogP contribution in [0.3, 0.4) is 0 Å². The number of likely N-dealkylation sites (tertiary alicyclic amines) is 1. The molecule has 0 aromatic carbocycles. The highest BCUT2D eigenvalue weighted by molar-refractivity contribution is 5.96. The van der Waals surface area contributed by atoms with Crippen LogP contribution in [0.15, 0.2) is 30.7 Å². The fraction of sp³-hybridized carbons (Fsp3) is 0.474. The Balaban J connectivity index is 1.32. The minimum Gasteiger partial charge on any atom is -0.359 e. The molecule has 140 valence electrons. The second-order valence-corrected chi connectivity index (χ2v) is 7.96. The molecule has 0 atom stereocenters. The Morgan fingerprint density at radius 3 is 2.93 bits per heavy atom. The third-order valence-corrected chi connectivity index (χ3v) is 5.76. The Kier molecular flexibility index (Phi) is 3.50. The second kappa shape index (κ2) is 5.80. The van der Waals surface area contributed by atoms with E-state index in [1.54, 1.807) is 23.4 Å². The van der Waals surface area contributed by atoms with Gasteiger partial charge in [0.05, 0.1) is 12.0 Å². The second-order valence-electron chi connectivity index (χ2n) is 7.96. The summed E-state index contributed by atoms with van der Waals surface area (Å²) in [4.78, 5) is 37.5. The molecule has 8 nitrogen and oxygen atoms in total. The highest BCUT2D eigenvalue weighted by Crippen LogP contribution is 2.38. The minimum atomic E-state index is -0.373. The van der Waals surface area contributed by atoms with E-state index in [1.165, 1.54) is 12.8 Å². The summed E-state index contributed by atoms with van der Waals surface area (Å²) in [6.45, 7) is 2.01. The van der Waals surface area contributed by atoms with E-state index in [0.29, 0.717) is 31.0 Å². The lowest BCUT2D eigenvalue weighted by Crippen LogP contribution is -2.66. The molecule has 0 radical (unpaired) electrons. The maximum Gasteiger partial charge on any atom is 0.254 e. The number of anilines is 2. The summed E-state index contributed by atoms with van der Waals surface area (Å²) in [6, 6.07) is 3.63. The lowest BCUT2D eigenvalue weighted by molar-refractivity contribution is -0.121. The number of carbonyl (C=O) groups is 2. The molecule has 1 spiro atoms. The Hall–Kier alpha value is -2.90. The summed E-state index contributed by atoms with van der Waals surface area (Å²) < 4.78 is 1.99. The highest BCUT2D eigenvalue weighted by atomic mass is 16.2. The molecule has 4 heterocycles. The van der Waals surface area contributed by atoms with Crippen molar-refractivity contribution in [3.63, 3.8) is 0 Å². The van der Waals surface area contributed by atoms with Gasteiger partial charge in [-0.1, -0.05) is 0 Å². The van der Waals surface area contributed by atoms with Crippen molar-refractivity contribution in [2.24, 2.45) is 5.92 Å². The molecular weight excluding hydrogens is 344 g/mol. The zero-order chi connectivity index (χ0) is 18.6. The molecule has 0 bridgehead atoms. The maximum absolute atomic E-state index is 12.9. The number of hydrogen-bond acceptors (Lipinski definition) is 5. The number of imidazole rings is 1. The van der Waals surface area contributed by atoms with E-state index in [4.69, 9.17) is 0 Å². The number of nitrogens with zero attached hydrogens (tertiary/aromatic N) is 5. The molecule has 27 heavy (non-hydrogen) atoms. The summed E-state index contributed by atoms with van der Waals surface area (Å²) in [6.07, 6.45) is 8.17. The van der Waals surface area contributed by atoms with Crippen molar-refractivity contribution in [3.8, 4) is 0 Å². The number of rotatable bonds is 4. The fourth-order valence-corrected chi connectivity index (χ4v) is 4.13. The molecule has 3 aliphatic rings. The highest BCUT2D eigenvalue weighted by Gasteiger charge is 2.51. The summed E-state index contributed by atoms with van der Waals surface area (Å²) in [5.41, 5.74) is 0.270. The van der Waals surface area contributed by atoms with Crippen LogP contribution in [0.25, 0.3) is 0 Å². The molecule has 2 amide bonds. The van der Waals surface area contributed by atoms with Crippen LogP contribution in [0.4, 0.5) is 11.8 Å². The topological polar surface area (TPSA) is 83.4 Å². The van der Waals surface area contributed by atoms with Crippen LogP contribution < -0.4 is 10.2 Å². The fourth-order valence-electron chi connectivity index (χ4n) is 4.13. The first kappa shape index (κ1) is 16.3. The first-order valence-corrected chi connectivity index (χ1v) is 9.34. The van der Waals surface area contributed by atoms with Gasteiger partial charge >= 0.3 is 0 Å². The van der Waals surface area contributed by atoms with Crippen LogP contribution in [0, 0.1) is 5.92 Å². The molecule has 2 aromatic rings. The Morgan fingerprint density at radius 2 is 2.15 bits per heavy atom. The van der Waals surface area contributed by atoms with Crippen LogP contribution in [0.1, 0.15) is 29.6 Å². The van der Waals surface area contributed by atoms with Gasteiger partial charge in [-0.15, -0.1) is 0 Å². The first-order valence-electron chi connectivity index (χ1n) is 9.34. The third kappa shape index (κ3) is 2.75. The molecule has 0 unspecified atom stereocenters. The molecule has 1 saturated carbocycles. The van der Waals surface area contributed by atoms with Crippen LogP contribution in [-0.2, 0) is 10.3 Å². The lowest BCUT2D eigenvalue weighted by Gasteiger charge is -2.52. The van der Waals surface area contributed by atoms with Crippen LogP contribution in [-0.4, -0.2) is 57.9 Å². The number of hydrogen-bond donors (Lipinski definition) is 1. The van der Waals surface area contributed by atoms with Crippen molar-refractivity contribution in [2.75, 3.05) is 36.9 Å². The van der Waals surface area contributed by atoms with Gasteiger partial charge in [-0.05, 0) is 30.9 Å². The number of aromatic nitrogens is 3. The predicted molar refractivity (Wildman–Crippen MR) is 99.6 cm³/mol. The molecule has 8 heteroatoms. The first-order chi connectivity index (χ1) is 13.0. The molecule has 1 N–H and O–H groups in total. The largest absolute Gasteiger partial charge is 0.359 e. The number of nitrogens with one attached hydrogen (secondary N) is 1. The summed E-state index contributed by atoms with van der Waals surface area (Å²) >= 11 is 0. The maximum atomic E-state index is 12.9. The molecular formula is C19H22N6O2. The summed E-state index contributed by atoms with van der Waals surface area (Å²) in [5.74, 6) is 2.09. The summed E-state index contributed by atoms with van der Waals surface area (Å²) in [5, 5.41) is 2.78. The van der Waals surface area contributed by atoms with E-state index >= 15 is 0 Å². The van der Waals surface area contributed by atoms with Gasteiger partial charge in [0, 0.05) is 50.8 Å².